The fourth-order valence-corrected chi connectivity index (χ4v) is 2.20. The van der Waals surface area contributed by atoms with Gasteiger partial charge in [-0.3, -0.25) is 14.9 Å². The summed E-state index contributed by atoms with van der Waals surface area (Å²) < 4.78 is 14.9. The smallest absolute Gasteiger partial charge is 0.412 e. The molecule has 1 saturated heterocycles. The molecule has 0 aromatic heterocycles. The first-order chi connectivity index (χ1) is 10.7. The normalized spacial score (nSPS) is 17.7. The first kappa shape index (κ1) is 16.8. The van der Waals surface area contributed by atoms with Gasteiger partial charge in [0, 0.05) is 6.07 Å². The lowest BCUT2D eigenvalue weighted by atomic mass is 9.95. The molecule has 0 radical (unpaired) electrons. The number of benzene rings is 1. The van der Waals surface area contributed by atoms with Gasteiger partial charge in [-0.15, -0.1) is 0 Å². The van der Waals surface area contributed by atoms with E-state index in [4.69, 9.17) is 9.47 Å². The summed E-state index contributed by atoms with van der Waals surface area (Å²) in [6.45, 7) is 5.23. The molecular weight excluding hydrogens is 302 g/mol. The van der Waals surface area contributed by atoms with Crippen LogP contribution in [0.1, 0.15) is 38.7 Å². The van der Waals surface area contributed by atoms with Gasteiger partial charge in [-0.25, -0.2) is 4.79 Å². The van der Waals surface area contributed by atoms with E-state index in [-0.39, 0.29) is 6.42 Å². The fourth-order valence-electron chi connectivity index (χ4n) is 2.20. The molecule has 0 aliphatic carbocycles. The van der Waals surface area contributed by atoms with E-state index in [1.54, 1.807) is 39.0 Å². The molecule has 1 aliphatic heterocycles. The summed E-state index contributed by atoms with van der Waals surface area (Å²) in [6, 6.07) is 4.83. The van der Waals surface area contributed by atoms with Crippen molar-refractivity contribution in [3.63, 3.8) is 0 Å². The number of ether oxygens (including phenoxy) is 3. The number of esters is 2. The molecule has 7 nitrogen and oxygen atoms in total. The second-order valence-corrected chi connectivity index (χ2v) is 6.13. The number of amides is 1. The van der Waals surface area contributed by atoms with E-state index in [9.17, 15) is 14.4 Å². The van der Waals surface area contributed by atoms with E-state index in [0.29, 0.717) is 17.0 Å². The van der Waals surface area contributed by atoms with Crippen LogP contribution < -0.4 is 10.1 Å². The molecule has 124 valence electrons. The van der Waals surface area contributed by atoms with Crippen molar-refractivity contribution in [2.24, 2.45) is 0 Å². The van der Waals surface area contributed by atoms with E-state index >= 15 is 0 Å². The molecule has 1 atom stereocenters. The van der Waals surface area contributed by atoms with Crippen LogP contribution in [0.25, 0.3) is 0 Å². The Labute approximate surface area is 133 Å². The predicted octanol–water partition coefficient (Wildman–Crippen LogP) is 2.60. The Morgan fingerprint density at radius 2 is 2.00 bits per heavy atom. The van der Waals surface area contributed by atoms with E-state index in [0.717, 1.165) is 0 Å². The Morgan fingerprint density at radius 1 is 1.30 bits per heavy atom. The van der Waals surface area contributed by atoms with Crippen molar-refractivity contribution in [3.8, 4) is 5.75 Å². The minimum atomic E-state index is -0.752. The van der Waals surface area contributed by atoms with Gasteiger partial charge in [0.05, 0.1) is 25.1 Å². The molecule has 23 heavy (non-hydrogen) atoms. The number of nitrogens with one attached hydrogen (secondary N) is 1. The van der Waals surface area contributed by atoms with Crippen molar-refractivity contribution in [2.45, 2.75) is 38.7 Å². The summed E-state index contributed by atoms with van der Waals surface area (Å²) in [6.07, 6.45) is -0.724. The molecule has 0 bridgehead atoms. The molecule has 1 fully saturated rings. The minimum absolute atomic E-state index is 0.0613. The van der Waals surface area contributed by atoms with Gasteiger partial charge in [0.25, 0.3) is 0 Å². The average Bonchev–Trinajstić information content (AvgIpc) is 2.75. The maximum atomic E-state index is 12.0. The van der Waals surface area contributed by atoms with Crippen LogP contribution in [0.4, 0.5) is 10.5 Å². The summed E-state index contributed by atoms with van der Waals surface area (Å²) in [5.74, 6) is -1.47. The molecule has 1 heterocycles. The average molecular weight is 321 g/mol. The van der Waals surface area contributed by atoms with Gasteiger partial charge in [-0.1, -0.05) is 6.07 Å². The van der Waals surface area contributed by atoms with Crippen molar-refractivity contribution < 1.29 is 28.6 Å². The molecule has 7 heteroatoms. The second-order valence-electron chi connectivity index (χ2n) is 6.13. The Kier molecular flexibility index (Phi) is 4.58. The van der Waals surface area contributed by atoms with Gasteiger partial charge < -0.3 is 14.2 Å². The van der Waals surface area contributed by atoms with Crippen molar-refractivity contribution in [2.75, 3.05) is 12.4 Å². The Morgan fingerprint density at radius 3 is 2.52 bits per heavy atom. The molecule has 1 unspecified atom stereocenters. The Bertz CT molecular complexity index is 646. The highest BCUT2D eigenvalue weighted by atomic mass is 16.6. The molecule has 0 spiro atoms. The highest BCUT2D eigenvalue weighted by Gasteiger charge is 2.36. The van der Waals surface area contributed by atoms with Crippen LogP contribution >= 0.6 is 0 Å². The number of carbonyl (C=O) groups excluding carboxylic acids is 3. The van der Waals surface area contributed by atoms with Gasteiger partial charge in [0.15, 0.2) is 0 Å². The fraction of sp³-hybridized carbons (Fsp3) is 0.438. The number of anilines is 1. The standard InChI is InChI=1S/C16H19NO6/c1-16(2,3)23-15(20)17-12-7-9(21-4)5-6-10(12)11-8-13(18)22-14(11)19/h5-7,11H,8H2,1-4H3,(H,17,20). The number of hydrogen-bond donors (Lipinski definition) is 1. The summed E-state index contributed by atoms with van der Waals surface area (Å²) >= 11 is 0. The van der Waals surface area contributed by atoms with Crippen LogP contribution in [-0.4, -0.2) is 30.7 Å². The SMILES string of the molecule is COc1ccc(C2CC(=O)OC2=O)c(NC(=O)OC(C)(C)C)c1. The largest absolute Gasteiger partial charge is 0.497 e. The summed E-state index contributed by atoms with van der Waals surface area (Å²) in [4.78, 5) is 35.1. The molecule has 1 aromatic carbocycles. The number of rotatable bonds is 3. The zero-order valence-corrected chi connectivity index (χ0v) is 13.5. The molecule has 1 aliphatic rings. The first-order valence-electron chi connectivity index (χ1n) is 7.12. The van der Waals surface area contributed by atoms with Gasteiger partial charge in [0.1, 0.15) is 11.4 Å². The van der Waals surface area contributed by atoms with Gasteiger partial charge >= 0.3 is 18.0 Å². The molecule has 0 saturated carbocycles. The maximum Gasteiger partial charge on any atom is 0.412 e. The summed E-state index contributed by atoms with van der Waals surface area (Å²) in [5.41, 5.74) is 0.161. The van der Waals surface area contributed by atoms with Crippen molar-refractivity contribution >= 4 is 23.7 Å². The number of cyclic esters (lactones) is 2. The van der Waals surface area contributed by atoms with Crippen molar-refractivity contribution in [1.82, 2.24) is 0 Å². The predicted molar refractivity (Wildman–Crippen MR) is 81.3 cm³/mol. The third kappa shape index (κ3) is 4.21. The monoisotopic (exact) mass is 321 g/mol. The van der Waals surface area contributed by atoms with Crippen molar-refractivity contribution in [3.05, 3.63) is 23.8 Å². The van der Waals surface area contributed by atoms with E-state index in [1.165, 1.54) is 7.11 Å². The lowest BCUT2D eigenvalue weighted by Gasteiger charge is -2.21. The molecule has 2 rings (SSSR count). The molecule has 1 amide bonds. The molecule has 1 N–H and O–H groups in total. The Hall–Kier alpha value is -2.57. The van der Waals surface area contributed by atoms with E-state index in [2.05, 4.69) is 10.1 Å². The zero-order chi connectivity index (χ0) is 17.2. The van der Waals surface area contributed by atoms with Crippen molar-refractivity contribution in [1.29, 1.82) is 0 Å². The molecule has 1 aromatic rings. The Balaban J connectivity index is 2.30. The van der Waals surface area contributed by atoms with Crippen LogP contribution in [0.15, 0.2) is 18.2 Å². The van der Waals surface area contributed by atoms with Gasteiger partial charge in [-0.2, -0.15) is 0 Å². The van der Waals surface area contributed by atoms with Crippen LogP contribution in [0.3, 0.4) is 0 Å². The lowest BCUT2D eigenvalue weighted by molar-refractivity contribution is -0.152. The minimum Gasteiger partial charge on any atom is -0.497 e. The summed E-state index contributed by atoms with van der Waals surface area (Å²) in [5, 5.41) is 2.59. The van der Waals surface area contributed by atoms with Crippen LogP contribution in [0, 0.1) is 0 Å². The van der Waals surface area contributed by atoms with Crippen LogP contribution in [0.2, 0.25) is 0 Å². The zero-order valence-electron chi connectivity index (χ0n) is 13.5. The number of methoxy groups -OCH3 is 1. The second kappa shape index (κ2) is 6.28. The topological polar surface area (TPSA) is 90.9 Å². The highest BCUT2D eigenvalue weighted by molar-refractivity contribution is 5.99. The highest BCUT2D eigenvalue weighted by Crippen LogP contribution is 2.35. The third-order valence-corrected chi connectivity index (χ3v) is 3.14. The first-order valence-corrected chi connectivity index (χ1v) is 7.12. The third-order valence-electron chi connectivity index (χ3n) is 3.14. The number of carbonyl (C=O) groups is 3. The number of hydrogen-bond acceptors (Lipinski definition) is 6. The van der Waals surface area contributed by atoms with E-state index in [1.807, 2.05) is 0 Å². The maximum absolute atomic E-state index is 12.0. The van der Waals surface area contributed by atoms with Crippen LogP contribution in [-0.2, 0) is 19.1 Å². The van der Waals surface area contributed by atoms with Crippen LogP contribution in [0.5, 0.6) is 5.75 Å². The lowest BCUT2D eigenvalue weighted by Crippen LogP contribution is -2.27. The quantitative estimate of drug-likeness (QED) is 0.679. The molecular formula is C16H19NO6. The van der Waals surface area contributed by atoms with Gasteiger partial charge in [0.2, 0.25) is 0 Å². The van der Waals surface area contributed by atoms with E-state index < -0.39 is 29.6 Å². The summed E-state index contributed by atoms with van der Waals surface area (Å²) in [7, 11) is 1.49. The van der Waals surface area contributed by atoms with Gasteiger partial charge in [-0.05, 0) is 32.4 Å².